The summed E-state index contributed by atoms with van der Waals surface area (Å²) in [6.45, 7) is 0. The van der Waals surface area contributed by atoms with E-state index in [-0.39, 0.29) is 11.7 Å². The third kappa shape index (κ3) is 1.52. The number of carbonyl (C=O) groups is 1. The van der Waals surface area contributed by atoms with Gasteiger partial charge in [0.2, 0.25) is 0 Å². The molecule has 1 atom stereocenters. The second-order valence-corrected chi connectivity index (χ2v) is 4.66. The molecule has 2 saturated carbocycles. The number of rotatable bonds is 2. The zero-order chi connectivity index (χ0) is 8.60. The second kappa shape index (κ2) is 3.02. The zero-order valence-corrected chi connectivity index (χ0v) is 8.07. The lowest BCUT2D eigenvalue weighted by molar-refractivity contribution is -0.122. The zero-order valence-electron chi connectivity index (χ0n) is 7.31. The van der Waals surface area contributed by atoms with Gasteiger partial charge >= 0.3 is 0 Å². The summed E-state index contributed by atoms with van der Waals surface area (Å²) < 4.78 is 0. The molecule has 0 amide bonds. The summed E-state index contributed by atoms with van der Waals surface area (Å²) in [6, 6.07) is 0. The summed E-state index contributed by atoms with van der Waals surface area (Å²) in [7, 11) is 0. The minimum absolute atomic E-state index is 0.223. The molecule has 0 aromatic rings. The quantitative estimate of drug-likeness (QED) is 0.607. The predicted molar refractivity (Wildman–Crippen MR) is 49.4 cm³/mol. The van der Waals surface area contributed by atoms with Crippen LogP contribution in [0.5, 0.6) is 0 Å². The van der Waals surface area contributed by atoms with Crippen molar-refractivity contribution in [2.75, 3.05) is 5.88 Å². The molecule has 1 spiro atoms. The van der Waals surface area contributed by atoms with Gasteiger partial charge in [0.1, 0.15) is 0 Å². The van der Waals surface area contributed by atoms with Gasteiger partial charge in [0.15, 0.2) is 5.78 Å². The Hall–Kier alpha value is -0.0400. The van der Waals surface area contributed by atoms with E-state index in [4.69, 9.17) is 11.6 Å². The van der Waals surface area contributed by atoms with Gasteiger partial charge in [-0.1, -0.05) is 6.42 Å². The Morgan fingerprint density at radius 3 is 2.75 bits per heavy atom. The fraction of sp³-hybridized carbons (Fsp3) is 0.900. The number of ketones is 1. The van der Waals surface area contributed by atoms with E-state index in [1.807, 2.05) is 0 Å². The predicted octanol–water partition coefficient (Wildman–Crippen LogP) is 2.76. The molecule has 2 fully saturated rings. The first-order chi connectivity index (χ1) is 5.76. The molecule has 0 aromatic carbocycles. The van der Waals surface area contributed by atoms with Crippen molar-refractivity contribution in [3.63, 3.8) is 0 Å². The number of hydrogen-bond donors (Lipinski definition) is 0. The Bertz CT molecular complexity index is 196. The molecule has 0 aliphatic heterocycles. The molecule has 1 unspecified atom stereocenters. The lowest BCUT2D eigenvalue weighted by atomic mass is 9.77. The lowest BCUT2D eigenvalue weighted by Gasteiger charge is -2.27. The van der Waals surface area contributed by atoms with Crippen molar-refractivity contribution in [3.05, 3.63) is 0 Å². The van der Waals surface area contributed by atoms with Crippen molar-refractivity contribution in [3.8, 4) is 0 Å². The summed E-state index contributed by atoms with van der Waals surface area (Å²) in [5.41, 5.74) is 0.602. The van der Waals surface area contributed by atoms with Crippen LogP contribution in [0.1, 0.15) is 38.5 Å². The van der Waals surface area contributed by atoms with Gasteiger partial charge in [-0.2, -0.15) is 0 Å². The van der Waals surface area contributed by atoms with Gasteiger partial charge in [-0.25, -0.2) is 0 Å². The minimum atomic E-state index is 0.223. The Balaban J connectivity index is 1.94. The van der Waals surface area contributed by atoms with Crippen molar-refractivity contribution >= 4 is 17.4 Å². The van der Waals surface area contributed by atoms with E-state index in [0.29, 0.717) is 11.3 Å². The fourth-order valence-electron chi connectivity index (χ4n) is 2.47. The SMILES string of the molecule is O=C(CCl)C1CCCC2(CC2)C1. The average molecular weight is 187 g/mol. The summed E-state index contributed by atoms with van der Waals surface area (Å²) in [5.74, 6) is 0.808. The maximum Gasteiger partial charge on any atom is 0.150 e. The van der Waals surface area contributed by atoms with Crippen LogP contribution in [0.15, 0.2) is 0 Å². The molecule has 0 N–H and O–H groups in total. The summed E-state index contributed by atoms with van der Waals surface area (Å²) in [5, 5.41) is 0. The van der Waals surface area contributed by atoms with E-state index in [0.717, 1.165) is 12.8 Å². The van der Waals surface area contributed by atoms with E-state index in [1.54, 1.807) is 0 Å². The lowest BCUT2D eigenvalue weighted by Crippen LogP contribution is -2.24. The molecule has 2 aliphatic rings. The largest absolute Gasteiger partial charge is 0.298 e. The van der Waals surface area contributed by atoms with E-state index >= 15 is 0 Å². The van der Waals surface area contributed by atoms with Crippen molar-refractivity contribution in [1.29, 1.82) is 0 Å². The standard InChI is InChI=1S/C10H15ClO/c11-7-9(12)8-2-1-3-10(6-8)4-5-10/h8H,1-7H2. The molecule has 2 heteroatoms. The number of halogens is 1. The highest BCUT2D eigenvalue weighted by Crippen LogP contribution is 2.57. The van der Waals surface area contributed by atoms with Crippen molar-refractivity contribution in [1.82, 2.24) is 0 Å². The normalized spacial score (nSPS) is 31.9. The van der Waals surface area contributed by atoms with Gasteiger partial charge < -0.3 is 0 Å². The van der Waals surface area contributed by atoms with Crippen LogP contribution in [0.4, 0.5) is 0 Å². The van der Waals surface area contributed by atoms with Crippen LogP contribution in [-0.2, 0) is 4.79 Å². The molecular weight excluding hydrogens is 172 g/mol. The van der Waals surface area contributed by atoms with E-state index < -0.39 is 0 Å². The number of Topliss-reactive ketones (excluding diaryl/α,β-unsaturated/α-hetero) is 1. The molecule has 0 aromatic heterocycles. The van der Waals surface area contributed by atoms with Gasteiger partial charge in [0.05, 0.1) is 5.88 Å². The third-order valence-electron chi connectivity index (χ3n) is 3.48. The average Bonchev–Trinajstić information content (AvgIpc) is 2.84. The van der Waals surface area contributed by atoms with Gasteiger partial charge in [0.25, 0.3) is 0 Å². The van der Waals surface area contributed by atoms with E-state index in [2.05, 4.69) is 0 Å². The highest BCUT2D eigenvalue weighted by molar-refractivity contribution is 6.27. The molecule has 2 aliphatic carbocycles. The number of carbonyl (C=O) groups excluding carboxylic acids is 1. The Kier molecular flexibility index (Phi) is 2.16. The van der Waals surface area contributed by atoms with Gasteiger partial charge in [0, 0.05) is 5.92 Å². The summed E-state index contributed by atoms with van der Waals surface area (Å²) >= 11 is 5.55. The Morgan fingerprint density at radius 1 is 1.42 bits per heavy atom. The third-order valence-corrected chi connectivity index (χ3v) is 3.75. The molecule has 2 rings (SSSR count). The van der Waals surface area contributed by atoms with E-state index in [9.17, 15) is 4.79 Å². The van der Waals surface area contributed by atoms with Crippen LogP contribution in [0.3, 0.4) is 0 Å². The smallest absolute Gasteiger partial charge is 0.150 e. The van der Waals surface area contributed by atoms with Crippen molar-refractivity contribution in [2.24, 2.45) is 11.3 Å². The van der Waals surface area contributed by atoms with Crippen LogP contribution < -0.4 is 0 Å². The first-order valence-corrected chi connectivity index (χ1v) is 5.38. The van der Waals surface area contributed by atoms with Crippen molar-refractivity contribution < 1.29 is 4.79 Å². The first kappa shape index (κ1) is 8.55. The highest BCUT2D eigenvalue weighted by Gasteiger charge is 2.46. The molecule has 0 bridgehead atoms. The topological polar surface area (TPSA) is 17.1 Å². The number of hydrogen-bond acceptors (Lipinski definition) is 1. The minimum Gasteiger partial charge on any atom is -0.298 e. The molecule has 68 valence electrons. The maximum absolute atomic E-state index is 11.4. The summed E-state index contributed by atoms with van der Waals surface area (Å²) in [4.78, 5) is 11.4. The molecular formula is C10H15ClO. The van der Waals surface area contributed by atoms with Crippen LogP contribution >= 0.6 is 11.6 Å². The van der Waals surface area contributed by atoms with Gasteiger partial charge in [-0.05, 0) is 37.5 Å². The highest BCUT2D eigenvalue weighted by atomic mass is 35.5. The molecule has 12 heavy (non-hydrogen) atoms. The molecule has 0 heterocycles. The monoisotopic (exact) mass is 186 g/mol. The second-order valence-electron chi connectivity index (χ2n) is 4.39. The van der Waals surface area contributed by atoms with E-state index in [1.165, 1.54) is 25.7 Å². The van der Waals surface area contributed by atoms with Crippen LogP contribution in [-0.4, -0.2) is 11.7 Å². The Morgan fingerprint density at radius 2 is 2.17 bits per heavy atom. The van der Waals surface area contributed by atoms with Crippen molar-refractivity contribution in [2.45, 2.75) is 38.5 Å². The Labute approximate surface area is 78.5 Å². The molecule has 1 nitrogen and oxygen atoms in total. The van der Waals surface area contributed by atoms with Crippen LogP contribution in [0, 0.1) is 11.3 Å². The van der Waals surface area contributed by atoms with Gasteiger partial charge in [-0.3, -0.25) is 4.79 Å². The first-order valence-electron chi connectivity index (χ1n) is 4.84. The maximum atomic E-state index is 11.4. The fourth-order valence-corrected chi connectivity index (χ4v) is 2.68. The molecule has 0 radical (unpaired) electrons. The number of alkyl halides is 1. The molecule has 0 saturated heterocycles. The van der Waals surface area contributed by atoms with Gasteiger partial charge in [-0.15, -0.1) is 11.6 Å². The summed E-state index contributed by atoms with van der Waals surface area (Å²) in [6.07, 6.45) is 7.55. The van der Waals surface area contributed by atoms with Crippen LogP contribution in [0.25, 0.3) is 0 Å². The van der Waals surface area contributed by atoms with Crippen LogP contribution in [0.2, 0.25) is 0 Å².